The predicted octanol–water partition coefficient (Wildman–Crippen LogP) is 2.04. The SMILES string of the molecule is CC(=O)N1CCC[C@@H]1C(C)(C)C. The molecule has 0 bridgehead atoms. The Labute approximate surface area is 74.9 Å². The first-order chi connectivity index (χ1) is 5.43. The van der Waals surface area contributed by atoms with Crippen molar-refractivity contribution in [2.24, 2.45) is 5.41 Å². The highest BCUT2D eigenvalue weighted by atomic mass is 16.2. The average Bonchev–Trinajstić information content (AvgIpc) is 2.30. The summed E-state index contributed by atoms with van der Waals surface area (Å²) in [7, 11) is 0. The lowest BCUT2D eigenvalue weighted by atomic mass is 9.85. The Morgan fingerprint density at radius 3 is 2.33 bits per heavy atom. The second-order valence-electron chi connectivity index (χ2n) is 4.74. The Morgan fingerprint density at radius 1 is 1.42 bits per heavy atom. The van der Waals surface area contributed by atoms with Crippen molar-refractivity contribution in [1.82, 2.24) is 4.90 Å². The standard InChI is InChI=1S/C10H19NO/c1-8(12)11-7-5-6-9(11)10(2,3)4/h9H,5-7H2,1-4H3/t9-/m1/s1. The number of hydrogen-bond acceptors (Lipinski definition) is 1. The van der Waals surface area contributed by atoms with E-state index < -0.39 is 0 Å². The number of hydrogen-bond donors (Lipinski definition) is 0. The maximum atomic E-state index is 11.2. The second-order valence-corrected chi connectivity index (χ2v) is 4.74. The third-order valence-electron chi connectivity index (χ3n) is 2.66. The van der Waals surface area contributed by atoms with Gasteiger partial charge in [-0.2, -0.15) is 0 Å². The lowest BCUT2D eigenvalue weighted by molar-refractivity contribution is -0.131. The van der Waals surface area contributed by atoms with Crippen LogP contribution in [0.3, 0.4) is 0 Å². The van der Waals surface area contributed by atoms with Crippen molar-refractivity contribution in [1.29, 1.82) is 0 Å². The van der Waals surface area contributed by atoms with Gasteiger partial charge in [0.2, 0.25) is 5.91 Å². The van der Waals surface area contributed by atoms with Crippen LogP contribution in [0, 0.1) is 5.41 Å². The number of carbonyl (C=O) groups is 1. The maximum absolute atomic E-state index is 11.2. The van der Waals surface area contributed by atoms with Gasteiger partial charge in [-0.1, -0.05) is 20.8 Å². The first-order valence-corrected chi connectivity index (χ1v) is 4.70. The minimum absolute atomic E-state index is 0.229. The molecule has 0 spiro atoms. The van der Waals surface area contributed by atoms with Crippen LogP contribution in [0.4, 0.5) is 0 Å². The monoisotopic (exact) mass is 169 g/mol. The Hall–Kier alpha value is -0.530. The number of nitrogens with zero attached hydrogens (tertiary/aromatic N) is 1. The summed E-state index contributed by atoms with van der Waals surface area (Å²) < 4.78 is 0. The van der Waals surface area contributed by atoms with Gasteiger partial charge < -0.3 is 4.90 Å². The zero-order chi connectivity index (χ0) is 9.35. The summed E-state index contributed by atoms with van der Waals surface area (Å²) in [6, 6.07) is 0.454. The van der Waals surface area contributed by atoms with E-state index in [4.69, 9.17) is 0 Å². The lowest BCUT2D eigenvalue weighted by Gasteiger charge is -2.34. The first-order valence-electron chi connectivity index (χ1n) is 4.70. The smallest absolute Gasteiger partial charge is 0.219 e. The number of rotatable bonds is 0. The molecule has 1 rings (SSSR count). The van der Waals surface area contributed by atoms with Gasteiger partial charge in [-0.3, -0.25) is 4.79 Å². The maximum Gasteiger partial charge on any atom is 0.219 e. The molecule has 1 aliphatic heterocycles. The van der Waals surface area contributed by atoms with Crippen molar-refractivity contribution in [3.63, 3.8) is 0 Å². The summed E-state index contributed by atoms with van der Waals surface area (Å²) in [6.07, 6.45) is 2.34. The highest BCUT2D eigenvalue weighted by Crippen LogP contribution is 2.32. The molecule has 1 heterocycles. The zero-order valence-electron chi connectivity index (χ0n) is 8.55. The van der Waals surface area contributed by atoms with Crippen LogP contribution >= 0.6 is 0 Å². The van der Waals surface area contributed by atoms with Crippen LogP contribution in [0.2, 0.25) is 0 Å². The molecule has 0 aromatic carbocycles. The van der Waals surface area contributed by atoms with Crippen molar-refractivity contribution in [3.8, 4) is 0 Å². The summed E-state index contributed by atoms with van der Waals surface area (Å²) >= 11 is 0. The van der Waals surface area contributed by atoms with Gasteiger partial charge in [-0.15, -0.1) is 0 Å². The molecule has 2 heteroatoms. The van der Waals surface area contributed by atoms with E-state index in [0.717, 1.165) is 6.54 Å². The molecule has 0 aromatic rings. The van der Waals surface area contributed by atoms with E-state index in [2.05, 4.69) is 20.8 Å². The Kier molecular flexibility index (Phi) is 2.45. The van der Waals surface area contributed by atoms with Crippen LogP contribution in [0.5, 0.6) is 0 Å². The largest absolute Gasteiger partial charge is 0.339 e. The molecule has 0 aromatic heterocycles. The lowest BCUT2D eigenvalue weighted by Crippen LogP contribution is -2.41. The van der Waals surface area contributed by atoms with Crippen LogP contribution < -0.4 is 0 Å². The van der Waals surface area contributed by atoms with Crippen molar-refractivity contribution in [2.45, 2.75) is 46.6 Å². The van der Waals surface area contributed by atoms with Crippen molar-refractivity contribution >= 4 is 5.91 Å². The average molecular weight is 169 g/mol. The first kappa shape index (κ1) is 9.56. The van der Waals surface area contributed by atoms with Crippen LogP contribution in [0.25, 0.3) is 0 Å². The molecule has 12 heavy (non-hydrogen) atoms. The highest BCUT2D eigenvalue weighted by Gasteiger charge is 2.35. The van der Waals surface area contributed by atoms with Gasteiger partial charge in [0.1, 0.15) is 0 Å². The molecular weight excluding hydrogens is 150 g/mol. The third-order valence-corrected chi connectivity index (χ3v) is 2.66. The molecule has 1 amide bonds. The summed E-state index contributed by atoms with van der Waals surface area (Å²) in [4.78, 5) is 13.2. The highest BCUT2D eigenvalue weighted by molar-refractivity contribution is 5.74. The topological polar surface area (TPSA) is 20.3 Å². The van der Waals surface area contributed by atoms with E-state index in [-0.39, 0.29) is 11.3 Å². The molecule has 0 saturated carbocycles. The molecule has 1 atom stereocenters. The van der Waals surface area contributed by atoms with Gasteiger partial charge in [0, 0.05) is 19.5 Å². The fourth-order valence-electron chi connectivity index (χ4n) is 2.04. The summed E-state index contributed by atoms with van der Waals surface area (Å²) in [5, 5.41) is 0. The van der Waals surface area contributed by atoms with E-state index in [1.54, 1.807) is 6.92 Å². The third kappa shape index (κ3) is 1.79. The molecule has 1 aliphatic rings. The fourth-order valence-corrected chi connectivity index (χ4v) is 2.04. The molecule has 0 radical (unpaired) electrons. The van der Waals surface area contributed by atoms with Gasteiger partial charge in [0.25, 0.3) is 0 Å². The number of likely N-dealkylation sites (tertiary alicyclic amines) is 1. The van der Waals surface area contributed by atoms with Gasteiger partial charge >= 0.3 is 0 Å². The Bertz CT molecular complexity index is 181. The molecule has 1 fully saturated rings. The van der Waals surface area contributed by atoms with Crippen LogP contribution in [-0.4, -0.2) is 23.4 Å². The van der Waals surface area contributed by atoms with Crippen molar-refractivity contribution in [2.75, 3.05) is 6.54 Å². The molecule has 70 valence electrons. The van der Waals surface area contributed by atoms with Gasteiger partial charge in [-0.25, -0.2) is 0 Å². The van der Waals surface area contributed by atoms with Crippen molar-refractivity contribution in [3.05, 3.63) is 0 Å². The zero-order valence-corrected chi connectivity index (χ0v) is 8.55. The normalized spacial score (nSPS) is 24.7. The number of amides is 1. The molecule has 1 saturated heterocycles. The van der Waals surface area contributed by atoms with Gasteiger partial charge in [0.15, 0.2) is 0 Å². The predicted molar refractivity (Wildman–Crippen MR) is 49.9 cm³/mol. The van der Waals surface area contributed by atoms with Gasteiger partial charge in [0.05, 0.1) is 0 Å². The molecule has 2 nitrogen and oxygen atoms in total. The van der Waals surface area contributed by atoms with E-state index in [1.807, 2.05) is 4.90 Å². The molecule has 0 aliphatic carbocycles. The molecular formula is C10H19NO. The summed E-state index contributed by atoms with van der Waals surface area (Å²) in [6.45, 7) is 9.25. The fraction of sp³-hybridized carbons (Fsp3) is 0.900. The van der Waals surface area contributed by atoms with Crippen LogP contribution in [-0.2, 0) is 4.79 Å². The van der Waals surface area contributed by atoms with E-state index in [9.17, 15) is 4.79 Å². The van der Waals surface area contributed by atoms with E-state index >= 15 is 0 Å². The summed E-state index contributed by atoms with van der Waals surface area (Å²) in [5.41, 5.74) is 0.238. The van der Waals surface area contributed by atoms with E-state index in [1.165, 1.54) is 12.8 Å². The molecule has 0 unspecified atom stereocenters. The molecule has 0 N–H and O–H groups in total. The van der Waals surface area contributed by atoms with Crippen LogP contribution in [0.15, 0.2) is 0 Å². The quantitative estimate of drug-likeness (QED) is 0.543. The minimum Gasteiger partial charge on any atom is -0.339 e. The van der Waals surface area contributed by atoms with Crippen LogP contribution in [0.1, 0.15) is 40.5 Å². The summed E-state index contributed by atoms with van der Waals surface area (Å²) in [5.74, 6) is 0.229. The minimum atomic E-state index is 0.229. The number of carbonyl (C=O) groups excluding carboxylic acids is 1. The Morgan fingerprint density at radius 2 is 2.00 bits per heavy atom. The van der Waals surface area contributed by atoms with Crippen molar-refractivity contribution < 1.29 is 4.79 Å². The van der Waals surface area contributed by atoms with Gasteiger partial charge in [-0.05, 0) is 18.3 Å². The van der Waals surface area contributed by atoms with E-state index in [0.29, 0.717) is 6.04 Å². The Balaban J connectivity index is 2.71. The second kappa shape index (κ2) is 3.08.